The van der Waals surface area contributed by atoms with E-state index in [1.807, 2.05) is 61.0 Å². The molecule has 6 nitrogen and oxygen atoms in total. The lowest BCUT2D eigenvalue weighted by Gasteiger charge is -2.15. The maximum Gasteiger partial charge on any atom is 0.315 e. The number of urea groups is 1. The van der Waals surface area contributed by atoms with Crippen LogP contribution < -0.4 is 10.6 Å². The molecule has 0 saturated heterocycles. The number of benzene rings is 1. The molecule has 0 saturated carbocycles. The van der Waals surface area contributed by atoms with E-state index in [9.17, 15) is 4.79 Å². The minimum Gasteiger partial charge on any atom is -0.467 e. The van der Waals surface area contributed by atoms with E-state index in [1.165, 1.54) is 0 Å². The first kappa shape index (κ1) is 16.8. The van der Waals surface area contributed by atoms with Gasteiger partial charge in [-0.1, -0.05) is 18.2 Å². The van der Waals surface area contributed by atoms with Gasteiger partial charge in [0.2, 0.25) is 0 Å². The standard InChI is InChI=1S/C19H22N4O2/c1-14(21-19(24)20-13-18-9-6-10-25-18)11-17-12-15(2)22-23(17)16-7-4-3-5-8-16/h3-10,12,14H,11,13H2,1-2H3,(H2,20,21,24)/t14-/m1/s1. The Morgan fingerprint density at radius 2 is 2.04 bits per heavy atom. The number of amides is 2. The third-order valence-electron chi connectivity index (χ3n) is 3.80. The predicted molar refractivity (Wildman–Crippen MR) is 95.5 cm³/mol. The van der Waals surface area contributed by atoms with Crippen LogP contribution in [0.3, 0.4) is 0 Å². The van der Waals surface area contributed by atoms with Crippen LogP contribution >= 0.6 is 0 Å². The maximum absolute atomic E-state index is 12.0. The first-order valence-corrected chi connectivity index (χ1v) is 8.29. The molecule has 1 atom stereocenters. The number of furan rings is 1. The Hall–Kier alpha value is -3.02. The summed E-state index contributed by atoms with van der Waals surface area (Å²) in [7, 11) is 0. The van der Waals surface area contributed by atoms with Crippen molar-refractivity contribution in [2.45, 2.75) is 32.9 Å². The third kappa shape index (κ3) is 4.50. The molecule has 3 rings (SSSR count). The largest absolute Gasteiger partial charge is 0.467 e. The second kappa shape index (κ2) is 7.70. The number of para-hydroxylation sites is 1. The van der Waals surface area contributed by atoms with E-state index >= 15 is 0 Å². The third-order valence-corrected chi connectivity index (χ3v) is 3.80. The Bertz CT molecular complexity index is 809. The predicted octanol–water partition coefficient (Wildman–Crippen LogP) is 3.20. The molecular formula is C19H22N4O2. The zero-order valence-corrected chi connectivity index (χ0v) is 14.4. The zero-order chi connectivity index (χ0) is 17.6. The van der Waals surface area contributed by atoms with Gasteiger partial charge < -0.3 is 15.1 Å². The van der Waals surface area contributed by atoms with Gasteiger partial charge in [0, 0.05) is 18.2 Å². The summed E-state index contributed by atoms with van der Waals surface area (Å²) in [6.45, 7) is 4.31. The average molecular weight is 338 g/mol. The zero-order valence-electron chi connectivity index (χ0n) is 14.4. The minimum atomic E-state index is -0.216. The highest BCUT2D eigenvalue weighted by Gasteiger charge is 2.13. The summed E-state index contributed by atoms with van der Waals surface area (Å²) in [5.41, 5.74) is 3.02. The molecular weight excluding hydrogens is 316 g/mol. The Labute approximate surface area is 146 Å². The van der Waals surface area contributed by atoms with Crippen LogP contribution in [-0.2, 0) is 13.0 Å². The van der Waals surface area contributed by atoms with Gasteiger partial charge in [0.1, 0.15) is 5.76 Å². The molecule has 130 valence electrons. The number of hydrogen-bond acceptors (Lipinski definition) is 3. The van der Waals surface area contributed by atoms with Crippen molar-refractivity contribution in [1.82, 2.24) is 20.4 Å². The van der Waals surface area contributed by atoms with E-state index in [0.717, 1.165) is 22.8 Å². The number of aromatic nitrogens is 2. The SMILES string of the molecule is Cc1cc(C[C@@H](C)NC(=O)NCc2ccco2)n(-c2ccccc2)n1. The molecule has 2 amide bonds. The Kier molecular flexibility index (Phi) is 5.18. The normalized spacial score (nSPS) is 11.9. The fraction of sp³-hybridized carbons (Fsp3) is 0.263. The fourth-order valence-corrected chi connectivity index (χ4v) is 2.71. The molecule has 25 heavy (non-hydrogen) atoms. The van der Waals surface area contributed by atoms with Crippen molar-refractivity contribution in [1.29, 1.82) is 0 Å². The molecule has 0 spiro atoms. The van der Waals surface area contributed by atoms with Crippen LogP contribution in [0.4, 0.5) is 4.79 Å². The first-order chi connectivity index (χ1) is 12.1. The summed E-state index contributed by atoms with van der Waals surface area (Å²) in [5, 5.41) is 10.3. The lowest BCUT2D eigenvalue weighted by Crippen LogP contribution is -2.41. The minimum absolute atomic E-state index is 0.0323. The van der Waals surface area contributed by atoms with Crippen LogP contribution in [0.15, 0.2) is 59.2 Å². The maximum atomic E-state index is 12.0. The molecule has 3 aromatic rings. The van der Waals surface area contributed by atoms with E-state index in [1.54, 1.807) is 12.3 Å². The quantitative estimate of drug-likeness (QED) is 0.725. The molecule has 2 aromatic heterocycles. The van der Waals surface area contributed by atoms with Gasteiger partial charge in [-0.3, -0.25) is 0 Å². The van der Waals surface area contributed by atoms with E-state index in [0.29, 0.717) is 13.0 Å². The number of nitrogens with zero attached hydrogens (tertiary/aromatic N) is 2. The summed E-state index contributed by atoms with van der Waals surface area (Å²) in [6, 6.07) is 15.4. The van der Waals surface area contributed by atoms with Crippen LogP contribution in [0.1, 0.15) is 24.1 Å². The molecule has 2 N–H and O–H groups in total. The molecule has 0 aliphatic carbocycles. The second-order valence-electron chi connectivity index (χ2n) is 6.04. The van der Waals surface area contributed by atoms with Crippen LogP contribution in [0.2, 0.25) is 0 Å². The van der Waals surface area contributed by atoms with Crippen molar-refractivity contribution in [2.75, 3.05) is 0 Å². The van der Waals surface area contributed by atoms with Crippen molar-refractivity contribution in [3.63, 3.8) is 0 Å². The van der Waals surface area contributed by atoms with Crippen LogP contribution in [0.25, 0.3) is 5.69 Å². The number of nitrogens with one attached hydrogen (secondary N) is 2. The van der Waals surface area contributed by atoms with Crippen LogP contribution in [-0.4, -0.2) is 21.9 Å². The number of aryl methyl sites for hydroxylation is 1. The van der Waals surface area contributed by atoms with E-state index in [2.05, 4.69) is 15.7 Å². The van der Waals surface area contributed by atoms with Crippen molar-refractivity contribution in [2.24, 2.45) is 0 Å². The highest BCUT2D eigenvalue weighted by molar-refractivity contribution is 5.74. The second-order valence-corrected chi connectivity index (χ2v) is 6.04. The molecule has 6 heteroatoms. The molecule has 0 bridgehead atoms. The Morgan fingerprint density at radius 3 is 2.76 bits per heavy atom. The van der Waals surface area contributed by atoms with Crippen molar-refractivity contribution >= 4 is 6.03 Å². The van der Waals surface area contributed by atoms with E-state index in [4.69, 9.17) is 4.42 Å². The van der Waals surface area contributed by atoms with Crippen molar-refractivity contribution < 1.29 is 9.21 Å². The molecule has 0 fully saturated rings. The van der Waals surface area contributed by atoms with Gasteiger partial charge in [0.25, 0.3) is 0 Å². The number of rotatable bonds is 6. The summed E-state index contributed by atoms with van der Waals surface area (Å²) < 4.78 is 7.12. The first-order valence-electron chi connectivity index (χ1n) is 8.29. The average Bonchev–Trinajstić information content (AvgIpc) is 3.23. The number of carbonyl (C=O) groups is 1. The van der Waals surface area contributed by atoms with Gasteiger partial charge >= 0.3 is 6.03 Å². The molecule has 2 heterocycles. The van der Waals surface area contributed by atoms with Crippen molar-refractivity contribution in [3.05, 3.63) is 71.9 Å². The van der Waals surface area contributed by atoms with Gasteiger partial charge in [-0.15, -0.1) is 0 Å². The lowest BCUT2D eigenvalue weighted by molar-refractivity contribution is 0.236. The highest BCUT2D eigenvalue weighted by atomic mass is 16.3. The molecule has 0 aliphatic rings. The number of hydrogen-bond donors (Lipinski definition) is 2. The molecule has 1 aromatic carbocycles. The van der Waals surface area contributed by atoms with Gasteiger partial charge in [-0.05, 0) is 44.2 Å². The van der Waals surface area contributed by atoms with Gasteiger partial charge in [-0.2, -0.15) is 5.10 Å². The van der Waals surface area contributed by atoms with Gasteiger partial charge in [-0.25, -0.2) is 9.48 Å². The molecule has 0 radical (unpaired) electrons. The Balaban J connectivity index is 1.59. The summed E-state index contributed by atoms with van der Waals surface area (Å²) >= 11 is 0. The summed E-state index contributed by atoms with van der Waals surface area (Å²) in [6.07, 6.45) is 2.27. The number of carbonyl (C=O) groups excluding carboxylic acids is 1. The van der Waals surface area contributed by atoms with Crippen LogP contribution in [0.5, 0.6) is 0 Å². The lowest BCUT2D eigenvalue weighted by atomic mass is 10.1. The summed E-state index contributed by atoms with van der Waals surface area (Å²) in [4.78, 5) is 12.0. The van der Waals surface area contributed by atoms with Crippen LogP contribution in [0, 0.1) is 6.92 Å². The topological polar surface area (TPSA) is 72.1 Å². The van der Waals surface area contributed by atoms with Gasteiger partial charge in [0.05, 0.1) is 24.2 Å². The van der Waals surface area contributed by atoms with Crippen molar-refractivity contribution in [3.8, 4) is 5.69 Å². The van der Waals surface area contributed by atoms with Gasteiger partial charge in [0.15, 0.2) is 0 Å². The fourth-order valence-electron chi connectivity index (χ4n) is 2.71. The molecule has 0 aliphatic heterocycles. The Morgan fingerprint density at radius 1 is 1.24 bits per heavy atom. The smallest absolute Gasteiger partial charge is 0.315 e. The monoisotopic (exact) mass is 338 g/mol. The van der Waals surface area contributed by atoms with E-state index in [-0.39, 0.29) is 12.1 Å². The van der Waals surface area contributed by atoms with E-state index < -0.39 is 0 Å². The highest BCUT2D eigenvalue weighted by Crippen LogP contribution is 2.14. The summed E-state index contributed by atoms with van der Waals surface area (Å²) in [5.74, 6) is 0.723. The molecule has 0 unspecified atom stereocenters.